The van der Waals surface area contributed by atoms with Crippen molar-refractivity contribution in [3.8, 4) is 0 Å². The Kier molecular flexibility index (Phi) is 8.92. The summed E-state index contributed by atoms with van der Waals surface area (Å²) < 4.78 is 31.1. The van der Waals surface area contributed by atoms with E-state index in [1.54, 1.807) is 18.5 Å². The fourth-order valence-electron chi connectivity index (χ4n) is 5.06. The maximum absolute atomic E-state index is 12.5. The van der Waals surface area contributed by atoms with Crippen molar-refractivity contribution in [3.63, 3.8) is 0 Å². The van der Waals surface area contributed by atoms with Crippen molar-refractivity contribution in [2.45, 2.75) is 75.1 Å². The number of methoxy groups -OCH3 is 1. The lowest BCUT2D eigenvalue weighted by Gasteiger charge is -2.34. The molecule has 2 aliphatic rings. The van der Waals surface area contributed by atoms with Crippen LogP contribution in [0.2, 0.25) is 5.28 Å². The zero-order chi connectivity index (χ0) is 26.8. The number of rotatable bonds is 11. The first-order chi connectivity index (χ1) is 17.6. The van der Waals surface area contributed by atoms with Gasteiger partial charge < -0.3 is 34.4 Å². The number of nitrogens with one attached hydrogen (secondary N) is 1. The van der Waals surface area contributed by atoms with Gasteiger partial charge in [-0.15, -0.1) is 5.10 Å². The van der Waals surface area contributed by atoms with E-state index in [1.165, 1.54) is 20.0 Å². The molecule has 4 atom stereocenters. The van der Waals surface area contributed by atoms with E-state index in [0.717, 1.165) is 18.4 Å². The molecule has 2 aromatic heterocycles. The van der Waals surface area contributed by atoms with Gasteiger partial charge in [0.1, 0.15) is 11.6 Å². The van der Waals surface area contributed by atoms with Crippen LogP contribution in [0.5, 0.6) is 0 Å². The van der Waals surface area contributed by atoms with Crippen LogP contribution in [-0.4, -0.2) is 86.2 Å². The van der Waals surface area contributed by atoms with Crippen molar-refractivity contribution in [2.75, 3.05) is 32.7 Å². The lowest BCUT2D eigenvalue weighted by atomic mass is 10.1. The lowest BCUT2D eigenvalue weighted by molar-refractivity contribution is -0.0896. The fraction of sp³-hybridized carbons (Fsp3) is 0.696. The van der Waals surface area contributed by atoms with E-state index in [1.807, 2.05) is 12.1 Å². The molecule has 37 heavy (non-hydrogen) atoms. The molecular formula is C23H35ClN5O7P. The quantitative estimate of drug-likeness (QED) is 0.238. The number of aliphatic imine (C=N–C) groups is 1. The first-order valence-electron chi connectivity index (χ1n) is 12.3. The van der Waals surface area contributed by atoms with Crippen LogP contribution in [0.15, 0.2) is 17.1 Å². The number of aromatic nitrogens is 3. The summed E-state index contributed by atoms with van der Waals surface area (Å²) in [7, 11) is -1.88. The number of fused-ring (bicyclic) bond motifs is 1. The highest BCUT2D eigenvalue weighted by atomic mass is 35.5. The van der Waals surface area contributed by atoms with Crippen LogP contribution < -0.4 is 5.32 Å². The topological polar surface area (TPSA) is 160 Å². The normalized spacial score (nSPS) is 25.2. The van der Waals surface area contributed by atoms with E-state index in [4.69, 9.17) is 25.8 Å². The predicted octanol–water partition coefficient (Wildman–Crippen LogP) is 2.95. The van der Waals surface area contributed by atoms with Crippen LogP contribution in [-0.2, 0) is 18.8 Å². The van der Waals surface area contributed by atoms with E-state index in [2.05, 4.69) is 20.4 Å². The standard InChI is InChI=1S/C23H35ClN5O7P/c1-14(25-2)11-23(13-34-3,37(31,32)33)35-12-16-10-19(30)20(36-16)17-8-9-18-21(26-15-6-4-5-7-15)27-22(24)28-29(17)18/h8-9,15-16,19-20,30H,4-7,10-13H2,1-3H3,(H,26,27,28)(H2,31,32,33)/b25-14+/t16-,19+,20-,23?/m0/s1. The molecule has 12 nitrogen and oxygen atoms in total. The molecular weight excluding hydrogens is 525 g/mol. The number of anilines is 1. The molecule has 1 saturated carbocycles. The summed E-state index contributed by atoms with van der Waals surface area (Å²) in [4.78, 5) is 28.6. The predicted molar refractivity (Wildman–Crippen MR) is 138 cm³/mol. The summed E-state index contributed by atoms with van der Waals surface area (Å²) in [6.07, 6.45) is 2.30. The van der Waals surface area contributed by atoms with E-state index in [-0.39, 0.29) is 31.3 Å². The molecule has 0 spiro atoms. The average Bonchev–Trinajstić information content (AvgIpc) is 3.57. The summed E-state index contributed by atoms with van der Waals surface area (Å²) in [6.45, 7) is 1.17. The van der Waals surface area contributed by atoms with Crippen molar-refractivity contribution in [1.29, 1.82) is 0 Å². The van der Waals surface area contributed by atoms with Gasteiger partial charge in [-0.25, -0.2) is 4.52 Å². The zero-order valence-electron chi connectivity index (χ0n) is 21.2. The molecule has 1 aliphatic carbocycles. The monoisotopic (exact) mass is 559 g/mol. The third kappa shape index (κ3) is 6.17. The number of halogens is 1. The summed E-state index contributed by atoms with van der Waals surface area (Å²) in [6, 6.07) is 3.99. The smallest absolute Gasteiger partial charge is 0.359 e. The highest BCUT2D eigenvalue weighted by Gasteiger charge is 2.50. The fourth-order valence-corrected chi connectivity index (χ4v) is 6.20. The Bertz CT molecular complexity index is 1170. The van der Waals surface area contributed by atoms with Gasteiger partial charge in [-0.05, 0) is 43.5 Å². The van der Waals surface area contributed by atoms with E-state index in [0.29, 0.717) is 23.3 Å². The molecule has 0 aromatic carbocycles. The van der Waals surface area contributed by atoms with Gasteiger partial charge in [-0.3, -0.25) is 9.56 Å². The Balaban J connectivity index is 1.52. The number of aliphatic hydroxyl groups excluding tert-OH is 1. The van der Waals surface area contributed by atoms with Gasteiger partial charge in [0, 0.05) is 38.8 Å². The maximum Gasteiger partial charge on any atom is 0.359 e. The molecule has 206 valence electrons. The van der Waals surface area contributed by atoms with Crippen LogP contribution >= 0.6 is 19.2 Å². The second kappa shape index (κ2) is 11.6. The molecule has 2 fully saturated rings. The molecule has 0 amide bonds. The van der Waals surface area contributed by atoms with Crippen LogP contribution in [0.1, 0.15) is 57.2 Å². The Labute approximate surface area is 220 Å². The van der Waals surface area contributed by atoms with Crippen LogP contribution in [0, 0.1) is 0 Å². The minimum Gasteiger partial charge on any atom is -0.390 e. The van der Waals surface area contributed by atoms with Crippen molar-refractivity contribution >= 4 is 36.2 Å². The van der Waals surface area contributed by atoms with Gasteiger partial charge in [0.15, 0.2) is 11.2 Å². The van der Waals surface area contributed by atoms with E-state index >= 15 is 0 Å². The van der Waals surface area contributed by atoms with Crippen molar-refractivity contribution in [3.05, 3.63) is 23.1 Å². The van der Waals surface area contributed by atoms with Gasteiger partial charge in [0.2, 0.25) is 5.28 Å². The molecule has 0 bridgehead atoms. The average molecular weight is 560 g/mol. The first kappa shape index (κ1) is 28.4. The summed E-state index contributed by atoms with van der Waals surface area (Å²) in [5, 5.41) is 16.8. The maximum atomic E-state index is 12.5. The third-order valence-corrected chi connectivity index (χ3v) is 8.68. The number of hydrogen-bond acceptors (Lipinski definition) is 9. The van der Waals surface area contributed by atoms with Crippen LogP contribution in [0.3, 0.4) is 0 Å². The second-order valence-corrected chi connectivity index (χ2v) is 12.0. The van der Waals surface area contributed by atoms with Gasteiger partial charge in [-0.1, -0.05) is 12.8 Å². The number of ether oxygens (including phenoxy) is 3. The summed E-state index contributed by atoms with van der Waals surface area (Å²) >= 11 is 6.23. The number of nitrogens with zero attached hydrogens (tertiary/aromatic N) is 4. The SMILES string of the molecule is C/N=C(\C)CC(COC)(OC[C@@H]1C[C@@H](O)[C@H](c2ccc3c(NC4CCCC4)nc(Cl)nn23)O1)P(=O)(O)O. The van der Waals surface area contributed by atoms with Gasteiger partial charge in [0.05, 0.1) is 31.1 Å². The molecule has 2 aromatic rings. The van der Waals surface area contributed by atoms with Crippen molar-refractivity contribution in [2.24, 2.45) is 4.99 Å². The Morgan fingerprint density at radius 3 is 2.76 bits per heavy atom. The minimum absolute atomic E-state index is 0.0665. The van der Waals surface area contributed by atoms with Crippen molar-refractivity contribution < 1.29 is 33.7 Å². The van der Waals surface area contributed by atoms with E-state index < -0.39 is 31.2 Å². The highest BCUT2D eigenvalue weighted by molar-refractivity contribution is 7.53. The first-order valence-corrected chi connectivity index (χ1v) is 14.3. The number of aliphatic hydroxyl groups is 1. The molecule has 4 rings (SSSR count). The molecule has 1 unspecified atom stereocenters. The second-order valence-electron chi connectivity index (χ2n) is 9.76. The van der Waals surface area contributed by atoms with Gasteiger partial charge in [0.25, 0.3) is 0 Å². The van der Waals surface area contributed by atoms with Gasteiger partial charge >= 0.3 is 7.60 Å². The van der Waals surface area contributed by atoms with Crippen molar-refractivity contribution in [1.82, 2.24) is 14.6 Å². The summed E-state index contributed by atoms with van der Waals surface area (Å²) in [5.74, 6) is 0.629. The van der Waals surface area contributed by atoms with Crippen LogP contribution in [0.25, 0.3) is 5.52 Å². The molecule has 0 radical (unpaired) electrons. The van der Waals surface area contributed by atoms with Crippen LogP contribution in [0.4, 0.5) is 5.82 Å². The molecule has 1 aliphatic heterocycles. The van der Waals surface area contributed by atoms with Gasteiger partial charge in [-0.2, -0.15) is 4.98 Å². The Hall–Kier alpha value is -1.63. The Morgan fingerprint density at radius 2 is 2.11 bits per heavy atom. The molecule has 14 heteroatoms. The number of hydrogen-bond donors (Lipinski definition) is 4. The third-order valence-electron chi connectivity index (χ3n) is 7.05. The largest absolute Gasteiger partial charge is 0.390 e. The molecule has 4 N–H and O–H groups in total. The Morgan fingerprint density at radius 1 is 1.38 bits per heavy atom. The lowest BCUT2D eigenvalue weighted by Crippen LogP contribution is -2.41. The molecule has 1 saturated heterocycles. The zero-order valence-corrected chi connectivity index (χ0v) is 22.9. The summed E-state index contributed by atoms with van der Waals surface area (Å²) in [5.41, 5.74) is 1.82. The highest BCUT2D eigenvalue weighted by Crippen LogP contribution is 2.54. The molecule has 3 heterocycles. The van der Waals surface area contributed by atoms with E-state index in [9.17, 15) is 19.5 Å². The minimum atomic E-state index is -4.77.